The van der Waals surface area contributed by atoms with Crippen LogP contribution in [0.25, 0.3) is 61.6 Å². The third-order valence-corrected chi connectivity index (χ3v) is 11.9. The number of fused-ring (bicyclic) bond motifs is 8. The summed E-state index contributed by atoms with van der Waals surface area (Å²) < 4.78 is 2.13. The number of hydrogen-bond donors (Lipinski definition) is 0. The van der Waals surface area contributed by atoms with Crippen molar-refractivity contribution in [3.63, 3.8) is 0 Å². The van der Waals surface area contributed by atoms with Gasteiger partial charge in [0.2, 0.25) is 11.9 Å². The van der Waals surface area contributed by atoms with E-state index in [9.17, 15) is 0 Å². The van der Waals surface area contributed by atoms with E-state index in [0.29, 0.717) is 11.9 Å². The minimum Gasteiger partial charge on any atom is -0.279 e. The summed E-state index contributed by atoms with van der Waals surface area (Å²) in [6.07, 6.45) is 5.26. The van der Waals surface area contributed by atoms with E-state index in [0.717, 1.165) is 56.3 Å². The van der Waals surface area contributed by atoms with Crippen molar-refractivity contribution in [3.05, 3.63) is 179 Å². The second-order valence-electron chi connectivity index (χ2n) is 15.6. The van der Waals surface area contributed by atoms with Gasteiger partial charge in [0.15, 0.2) is 5.65 Å². The van der Waals surface area contributed by atoms with Crippen molar-refractivity contribution in [2.45, 2.75) is 32.6 Å². The van der Waals surface area contributed by atoms with Gasteiger partial charge in [0.05, 0.1) is 16.7 Å². The van der Waals surface area contributed by atoms with Crippen molar-refractivity contribution in [1.82, 2.24) is 24.5 Å². The van der Waals surface area contributed by atoms with Crippen LogP contribution in [-0.2, 0) is 5.41 Å². The third kappa shape index (κ3) is 4.82. The first-order valence-electron chi connectivity index (χ1n) is 19.4. The maximum absolute atomic E-state index is 5.51. The van der Waals surface area contributed by atoms with E-state index in [1.54, 1.807) is 0 Å². The molecule has 9 aromatic rings. The first kappa shape index (κ1) is 32.5. The molecule has 0 radical (unpaired) electrons. The minimum atomic E-state index is -0.154. The molecule has 11 rings (SSSR count). The molecule has 6 heteroatoms. The zero-order chi connectivity index (χ0) is 37.5. The van der Waals surface area contributed by atoms with E-state index in [1.807, 2.05) is 12.3 Å². The highest BCUT2D eigenvalue weighted by atomic mass is 15.3. The normalized spacial score (nSPS) is 15.4. The average Bonchev–Trinajstić information content (AvgIpc) is 3.69. The van der Waals surface area contributed by atoms with Gasteiger partial charge in [0, 0.05) is 39.1 Å². The number of nitrogens with zero attached hydrogens (tertiary/aromatic N) is 6. The summed E-state index contributed by atoms with van der Waals surface area (Å²) in [6.45, 7) is 6.93. The minimum absolute atomic E-state index is 0.154. The summed E-state index contributed by atoms with van der Waals surface area (Å²) in [7, 11) is 0. The molecule has 0 saturated carbocycles. The van der Waals surface area contributed by atoms with Gasteiger partial charge in [-0.15, -0.1) is 0 Å². The summed E-state index contributed by atoms with van der Waals surface area (Å²) in [6, 6.07) is 51.4. The van der Waals surface area contributed by atoms with Gasteiger partial charge in [-0.3, -0.25) is 9.47 Å². The SMILES string of the molecule is CC1CC=c2ccccc2=C1c1nc(-n2c3ccccc3c3cnc(N(c4ccccc4)c4ccc5c(c4)C(C)(C)c4ccccc4-5)nc32)nc2ccccc12. The molecule has 6 nitrogen and oxygen atoms in total. The first-order valence-corrected chi connectivity index (χ1v) is 19.4. The van der Waals surface area contributed by atoms with E-state index in [-0.39, 0.29) is 11.3 Å². The fourth-order valence-corrected chi connectivity index (χ4v) is 9.17. The van der Waals surface area contributed by atoms with Gasteiger partial charge in [0.1, 0.15) is 0 Å². The molecule has 0 N–H and O–H groups in total. The zero-order valence-corrected chi connectivity index (χ0v) is 31.5. The topological polar surface area (TPSA) is 59.7 Å². The Hall–Kier alpha value is -6.92. The molecule has 1 unspecified atom stereocenters. The largest absolute Gasteiger partial charge is 0.279 e. The predicted octanol–water partition coefficient (Wildman–Crippen LogP) is 10.3. The highest BCUT2D eigenvalue weighted by molar-refractivity contribution is 6.08. The van der Waals surface area contributed by atoms with Crippen molar-refractivity contribution in [1.29, 1.82) is 0 Å². The van der Waals surface area contributed by atoms with Crippen LogP contribution >= 0.6 is 0 Å². The molecule has 6 aromatic carbocycles. The second-order valence-corrected chi connectivity index (χ2v) is 15.6. The summed E-state index contributed by atoms with van der Waals surface area (Å²) >= 11 is 0. The Morgan fingerprint density at radius 3 is 2.27 bits per heavy atom. The van der Waals surface area contributed by atoms with E-state index < -0.39 is 0 Å². The molecule has 3 heterocycles. The summed E-state index contributed by atoms with van der Waals surface area (Å²) in [5.41, 5.74) is 11.9. The Labute approximate surface area is 324 Å². The van der Waals surface area contributed by atoms with Crippen molar-refractivity contribution >= 4 is 61.8 Å². The summed E-state index contributed by atoms with van der Waals surface area (Å²) in [5, 5.41) is 5.52. The fraction of sp³-hybridized carbons (Fsp3) is 0.120. The maximum atomic E-state index is 5.51. The lowest BCUT2D eigenvalue weighted by Crippen LogP contribution is -2.32. The second kappa shape index (κ2) is 12.3. The Morgan fingerprint density at radius 1 is 0.643 bits per heavy atom. The molecule has 0 bridgehead atoms. The van der Waals surface area contributed by atoms with Gasteiger partial charge in [-0.1, -0.05) is 136 Å². The number of aromatic nitrogens is 5. The van der Waals surface area contributed by atoms with Crippen molar-refractivity contribution < 1.29 is 0 Å². The van der Waals surface area contributed by atoms with Crippen LogP contribution in [0.5, 0.6) is 0 Å². The van der Waals surface area contributed by atoms with Crippen molar-refractivity contribution in [3.8, 4) is 17.1 Å². The van der Waals surface area contributed by atoms with E-state index in [4.69, 9.17) is 19.9 Å². The molecule has 3 aromatic heterocycles. The van der Waals surface area contributed by atoms with Crippen molar-refractivity contribution in [2.24, 2.45) is 5.92 Å². The van der Waals surface area contributed by atoms with E-state index in [2.05, 4.69) is 176 Å². The van der Waals surface area contributed by atoms with Crippen LogP contribution in [0, 0.1) is 5.92 Å². The highest BCUT2D eigenvalue weighted by Gasteiger charge is 2.36. The Morgan fingerprint density at radius 2 is 1.38 bits per heavy atom. The smallest absolute Gasteiger partial charge is 0.237 e. The lowest BCUT2D eigenvalue weighted by molar-refractivity contribution is 0.660. The standard InChI is InChI=1S/C50H38N6/c1-31-25-26-32-15-7-8-18-35(32)45(31)46-39-21-10-13-23-43(39)52-49(53-46)56-44-24-14-11-20-38(44)40-30-51-48(54-47(40)56)55(33-16-5-4-6-17-33)34-27-28-37-36-19-9-12-22-41(36)50(2,3)42(37)29-34/h4-24,26-31H,25H2,1-3H3. The molecule has 1 atom stereocenters. The van der Waals surface area contributed by atoms with Gasteiger partial charge in [-0.2, -0.15) is 4.98 Å². The molecule has 0 fully saturated rings. The number of anilines is 3. The summed E-state index contributed by atoms with van der Waals surface area (Å²) in [5.74, 6) is 1.44. The number of rotatable bonds is 5. The number of para-hydroxylation sites is 3. The molecule has 0 amide bonds. The predicted molar refractivity (Wildman–Crippen MR) is 228 cm³/mol. The lowest BCUT2D eigenvalue weighted by Gasteiger charge is -2.26. The third-order valence-electron chi connectivity index (χ3n) is 11.9. The first-order chi connectivity index (χ1) is 27.5. The van der Waals surface area contributed by atoms with Crippen LogP contribution in [0.15, 0.2) is 152 Å². The van der Waals surface area contributed by atoms with Gasteiger partial charge in [0.25, 0.3) is 0 Å². The number of hydrogen-bond acceptors (Lipinski definition) is 5. The van der Waals surface area contributed by atoms with Crippen LogP contribution in [-0.4, -0.2) is 24.5 Å². The molecule has 2 aliphatic rings. The molecular formula is C50H38N6. The van der Waals surface area contributed by atoms with Crippen LogP contribution in [0.2, 0.25) is 0 Å². The Bertz CT molecular complexity index is 3180. The monoisotopic (exact) mass is 722 g/mol. The zero-order valence-electron chi connectivity index (χ0n) is 31.5. The molecule has 0 aliphatic heterocycles. The average molecular weight is 723 g/mol. The Kier molecular flexibility index (Phi) is 7.14. The molecule has 0 spiro atoms. The molecule has 2 aliphatic carbocycles. The van der Waals surface area contributed by atoms with Gasteiger partial charge >= 0.3 is 0 Å². The van der Waals surface area contributed by atoms with Crippen LogP contribution < -0.4 is 15.3 Å². The maximum Gasteiger partial charge on any atom is 0.237 e. The summed E-state index contributed by atoms with van der Waals surface area (Å²) in [4.78, 5) is 23.5. The fourth-order valence-electron chi connectivity index (χ4n) is 9.17. The van der Waals surface area contributed by atoms with Crippen molar-refractivity contribution in [2.75, 3.05) is 4.90 Å². The number of benzene rings is 6. The van der Waals surface area contributed by atoms with Crippen LogP contribution in [0.1, 0.15) is 44.0 Å². The molecule has 268 valence electrons. The van der Waals surface area contributed by atoms with Crippen LogP contribution in [0.4, 0.5) is 17.3 Å². The lowest BCUT2D eigenvalue weighted by atomic mass is 9.82. The highest BCUT2D eigenvalue weighted by Crippen LogP contribution is 2.50. The Balaban J connectivity index is 1.16. The molecule has 0 saturated heterocycles. The van der Waals surface area contributed by atoms with Gasteiger partial charge < -0.3 is 0 Å². The van der Waals surface area contributed by atoms with Gasteiger partial charge in [-0.05, 0) is 87.0 Å². The van der Waals surface area contributed by atoms with Crippen LogP contribution in [0.3, 0.4) is 0 Å². The quantitative estimate of drug-likeness (QED) is 0.177. The van der Waals surface area contributed by atoms with E-state index in [1.165, 1.54) is 38.3 Å². The molecule has 56 heavy (non-hydrogen) atoms. The van der Waals surface area contributed by atoms with Gasteiger partial charge in [-0.25, -0.2) is 15.0 Å². The van der Waals surface area contributed by atoms with E-state index >= 15 is 0 Å². The molecular weight excluding hydrogens is 685 g/mol.